The molecule has 0 aliphatic carbocycles. The standard InChI is InChI=1S/C24H17F3N4O5/c1-13-20(22(33)31(30-13)16-8-10-17(11-9-16)36-24(25,26)27)29-28-19-7-3-6-18(21(19)32)14-4-2-5-15(12-14)23(34)35/h2-12,30,32H,1H3,(H,34,35). The number of hydrogen-bond donors (Lipinski definition) is 3. The van der Waals surface area contributed by atoms with E-state index >= 15 is 0 Å². The van der Waals surface area contributed by atoms with E-state index in [1.54, 1.807) is 31.2 Å². The van der Waals surface area contributed by atoms with Crippen molar-refractivity contribution >= 4 is 17.3 Å². The maximum atomic E-state index is 12.8. The average Bonchev–Trinajstić information content (AvgIpc) is 3.11. The van der Waals surface area contributed by atoms with Crippen LogP contribution < -0.4 is 10.3 Å². The van der Waals surface area contributed by atoms with Gasteiger partial charge in [-0.3, -0.25) is 9.89 Å². The van der Waals surface area contributed by atoms with Crippen LogP contribution >= 0.6 is 0 Å². The van der Waals surface area contributed by atoms with Crippen molar-refractivity contribution in [1.82, 2.24) is 9.78 Å². The topological polar surface area (TPSA) is 129 Å². The number of carbonyl (C=O) groups is 1. The Morgan fingerprint density at radius 1 is 1.03 bits per heavy atom. The van der Waals surface area contributed by atoms with E-state index in [0.717, 1.165) is 16.8 Å². The third-order valence-electron chi connectivity index (χ3n) is 5.06. The van der Waals surface area contributed by atoms with Crippen LogP contribution in [0.25, 0.3) is 16.8 Å². The summed E-state index contributed by atoms with van der Waals surface area (Å²) >= 11 is 0. The number of aromatic amines is 1. The minimum absolute atomic E-state index is 0.0356. The molecule has 0 radical (unpaired) electrons. The maximum absolute atomic E-state index is 12.8. The zero-order valence-electron chi connectivity index (χ0n) is 18.4. The van der Waals surface area contributed by atoms with Crippen molar-refractivity contribution in [3.05, 3.63) is 88.3 Å². The number of alkyl halides is 3. The number of hydrogen-bond acceptors (Lipinski definition) is 6. The number of carboxylic acid groups (broad SMARTS) is 1. The Hall–Kier alpha value is -4.87. The first-order valence-electron chi connectivity index (χ1n) is 10.3. The Labute approximate surface area is 200 Å². The van der Waals surface area contributed by atoms with E-state index in [4.69, 9.17) is 0 Å². The number of aromatic nitrogens is 2. The van der Waals surface area contributed by atoms with Gasteiger partial charge in [-0.1, -0.05) is 24.3 Å². The molecule has 0 fully saturated rings. The number of para-hydroxylation sites is 1. The number of phenols is 1. The molecule has 0 bridgehead atoms. The van der Waals surface area contributed by atoms with E-state index in [2.05, 4.69) is 20.1 Å². The second-order valence-corrected chi connectivity index (χ2v) is 7.53. The lowest BCUT2D eigenvalue weighted by Crippen LogP contribution is -2.17. The van der Waals surface area contributed by atoms with Crippen LogP contribution in [0, 0.1) is 6.92 Å². The molecule has 3 aromatic carbocycles. The van der Waals surface area contributed by atoms with Gasteiger partial charge in [0.05, 0.1) is 16.9 Å². The predicted octanol–water partition coefficient (Wildman–Crippen LogP) is 5.86. The lowest BCUT2D eigenvalue weighted by atomic mass is 10.0. The van der Waals surface area contributed by atoms with Crippen LogP contribution in [0.15, 0.2) is 81.8 Å². The van der Waals surface area contributed by atoms with Gasteiger partial charge in [-0.25, -0.2) is 9.48 Å². The lowest BCUT2D eigenvalue weighted by Gasteiger charge is -2.09. The zero-order valence-corrected chi connectivity index (χ0v) is 18.4. The minimum atomic E-state index is -4.84. The van der Waals surface area contributed by atoms with Gasteiger partial charge in [0.1, 0.15) is 11.4 Å². The number of aromatic hydroxyl groups is 1. The van der Waals surface area contributed by atoms with Gasteiger partial charge in [-0.05, 0) is 55.0 Å². The molecule has 0 amide bonds. The van der Waals surface area contributed by atoms with E-state index in [1.165, 1.54) is 30.3 Å². The van der Waals surface area contributed by atoms with Crippen LogP contribution in [0.1, 0.15) is 16.1 Å². The monoisotopic (exact) mass is 498 g/mol. The second-order valence-electron chi connectivity index (χ2n) is 7.53. The number of aryl methyl sites for hydroxylation is 1. The molecule has 0 aliphatic heterocycles. The first-order valence-corrected chi connectivity index (χ1v) is 10.3. The first-order chi connectivity index (χ1) is 17.0. The number of phenolic OH excluding ortho intramolecular Hbond substituents is 1. The normalized spacial score (nSPS) is 11.7. The Kier molecular flexibility index (Phi) is 6.34. The molecular formula is C24H17F3N4O5. The van der Waals surface area contributed by atoms with Crippen LogP contribution in [-0.4, -0.2) is 32.3 Å². The summed E-state index contributed by atoms with van der Waals surface area (Å²) in [4.78, 5) is 24.1. The van der Waals surface area contributed by atoms with Crippen molar-refractivity contribution in [3.63, 3.8) is 0 Å². The molecule has 1 aromatic heterocycles. The zero-order chi connectivity index (χ0) is 26.0. The number of halogens is 3. The summed E-state index contributed by atoms with van der Waals surface area (Å²) in [5.74, 6) is -1.82. The number of H-pyrrole nitrogens is 1. The molecule has 0 atom stereocenters. The lowest BCUT2D eigenvalue weighted by molar-refractivity contribution is -0.274. The van der Waals surface area contributed by atoms with Crippen LogP contribution in [0.4, 0.5) is 24.5 Å². The van der Waals surface area contributed by atoms with E-state index in [1.807, 2.05) is 0 Å². The maximum Gasteiger partial charge on any atom is 0.573 e. The molecule has 184 valence electrons. The molecule has 1 heterocycles. The quantitative estimate of drug-likeness (QED) is 0.287. The van der Waals surface area contributed by atoms with Gasteiger partial charge in [0.25, 0.3) is 5.56 Å². The first kappa shape index (κ1) is 24.3. The van der Waals surface area contributed by atoms with Crippen molar-refractivity contribution in [2.24, 2.45) is 10.2 Å². The highest BCUT2D eigenvalue weighted by molar-refractivity contribution is 5.90. The summed E-state index contributed by atoms with van der Waals surface area (Å²) < 4.78 is 42.0. The highest BCUT2D eigenvalue weighted by Gasteiger charge is 2.31. The molecule has 0 aliphatic rings. The molecule has 3 N–H and O–H groups in total. The summed E-state index contributed by atoms with van der Waals surface area (Å²) in [6.07, 6.45) is -4.84. The number of azo groups is 1. The molecular weight excluding hydrogens is 481 g/mol. The molecule has 0 unspecified atom stereocenters. The predicted molar refractivity (Wildman–Crippen MR) is 122 cm³/mol. The van der Waals surface area contributed by atoms with Crippen molar-refractivity contribution in [1.29, 1.82) is 0 Å². The van der Waals surface area contributed by atoms with E-state index in [9.17, 15) is 33.0 Å². The van der Waals surface area contributed by atoms with Crippen LogP contribution in [0.3, 0.4) is 0 Å². The number of nitrogens with one attached hydrogen (secondary N) is 1. The van der Waals surface area contributed by atoms with Gasteiger partial charge in [0.15, 0.2) is 11.4 Å². The second kappa shape index (κ2) is 9.41. The molecule has 0 saturated heterocycles. The summed E-state index contributed by atoms with van der Waals surface area (Å²) in [5.41, 5.74) is 0.704. The fourth-order valence-electron chi connectivity index (χ4n) is 3.40. The number of rotatable bonds is 6. The molecule has 0 spiro atoms. The summed E-state index contributed by atoms with van der Waals surface area (Å²) in [5, 5.41) is 30.6. The van der Waals surface area contributed by atoms with Crippen molar-refractivity contribution < 1.29 is 32.9 Å². The van der Waals surface area contributed by atoms with E-state index in [-0.39, 0.29) is 28.4 Å². The van der Waals surface area contributed by atoms with Crippen molar-refractivity contribution in [3.8, 4) is 28.3 Å². The summed E-state index contributed by atoms with van der Waals surface area (Å²) in [7, 11) is 0. The summed E-state index contributed by atoms with van der Waals surface area (Å²) in [6, 6.07) is 15.3. The van der Waals surface area contributed by atoms with Gasteiger partial charge in [0, 0.05) is 5.56 Å². The number of benzene rings is 3. The molecule has 4 aromatic rings. The van der Waals surface area contributed by atoms with Crippen molar-refractivity contribution in [2.75, 3.05) is 0 Å². The Bertz CT molecular complexity index is 1520. The highest BCUT2D eigenvalue weighted by atomic mass is 19.4. The number of nitrogens with zero attached hydrogens (tertiary/aromatic N) is 3. The van der Waals surface area contributed by atoms with Crippen LogP contribution in [0.2, 0.25) is 0 Å². The van der Waals surface area contributed by atoms with Crippen molar-refractivity contribution in [2.45, 2.75) is 13.3 Å². The number of carboxylic acids is 1. The molecule has 9 nitrogen and oxygen atoms in total. The number of ether oxygens (including phenoxy) is 1. The Morgan fingerprint density at radius 3 is 2.39 bits per heavy atom. The Morgan fingerprint density at radius 2 is 1.72 bits per heavy atom. The fraction of sp³-hybridized carbons (Fsp3) is 0.0833. The fourth-order valence-corrected chi connectivity index (χ4v) is 3.40. The smallest absolute Gasteiger partial charge is 0.505 e. The SMILES string of the molecule is Cc1[nH]n(-c2ccc(OC(F)(F)F)cc2)c(=O)c1N=Nc1cccc(-c2cccc(C(=O)O)c2)c1O. The number of aromatic carboxylic acids is 1. The Balaban J connectivity index is 1.64. The largest absolute Gasteiger partial charge is 0.573 e. The van der Waals surface area contributed by atoms with E-state index < -0.39 is 23.6 Å². The van der Waals surface area contributed by atoms with Gasteiger partial charge in [-0.15, -0.1) is 23.4 Å². The van der Waals surface area contributed by atoms with Crippen LogP contribution in [-0.2, 0) is 0 Å². The minimum Gasteiger partial charge on any atom is -0.505 e. The van der Waals surface area contributed by atoms with Gasteiger partial charge in [-0.2, -0.15) is 0 Å². The molecule has 36 heavy (non-hydrogen) atoms. The third kappa shape index (κ3) is 5.12. The van der Waals surface area contributed by atoms with Gasteiger partial charge < -0.3 is 14.9 Å². The summed E-state index contributed by atoms with van der Waals surface area (Å²) in [6.45, 7) is 1.56. The average molecular weight is 498 g/mol. The van der Waals surface area contributed by atoms with Gasteiger partial charge in [0.2, 0.25) is 0 Å². The van der Waals surface area contributed by atoms with Gasteiger partial charge >= 0.3 is 12.3 Å². The molecule has 4 rings (SSSR count). The third-order valence-corrected chi connectivity index (χ3v) is 5.06. The molecule has 12 heteroatoms. The molecule has 0 saturated carbocycles. The highest BCUT2D eigenvalue weighted by Crippen LogP contribution is 2.38. The van der Waals surface area contributed by atoms with Crippen LogP contribution in [0.5, 0.6) is 11.5 Å². The van der Waals surface area contributed by atoms with E-state index in [0.29, 0.717) is 16.8 Å².